The lowest BCUT2D eigenvalue weighted by Crippen LogP contribution is -2.31. The van der Waals surface area contributed by atoms with Crippen molar-refractivity contribution in [2.24, 2.45) is 5.92 Å². The van der Waals surface area contributed by atoms with E-state index in [1.165, 1.54) is 6.21 Å². The van der Waals surface area contributed by atoms with Crippen molar-refractivity contribution in [1.82, 2.24) is 0 Å². The van der Waals surface area contributed by atoms with Crippen LogP contribution >= 0.6 is 0 Å². The standard InChI is InChI=1S/C11H17N3O2S/c1-8(2)7-17(15,16)14-11-5-3-4-10(13)9(11)6-12/h3-6,8,12,14H,7,13H2,1-2H3/p+1. The summed E-state index contributed by atoms with van der Waals surface area (Å²) in [5, 5.41) is 5.43. The van der Waals surface area contributed by atoms with E-state index in [2.05, 4.69) is 4.72 Å². The van der Waals surface area contributed by atoms with Crippen LogP contribution in [0.2, 0.25) is 0 Å². The van der Waals surface area contributed by atoms with Gasteiger partial charge >= 0.3 is 0 Å². The summed E-state index contributed by atoms with van der Waals surface area (Å²) in [7, 11) is -3.36. The second kappa shape index (κ2) is 5.18. The molecule has 6 heteroatoms. The summed E-state index contributed by atoms with van der Waals surface area (Å²) >= 11 is 0. The molecule has 0 radical (unpaired) electrons. The molecule has 1 aromatic carbocycles. The minimum absolute atomic E-state index is 0.0545. The Kier molecular flexibility index (Phi) is 4.11. The third-order valence-electron chi connectivity index (χ3n) is 2.12. The van der Waals surface area contributed by atoms with Crippen LogP contribution in [-0.2, 0) is 10.0 Å². The number of sulfonamides is 1. The van der Waals surface area contributed by atoms with E-state index in [4.69, 9.17) is 11.1 Å². The number of nitrogens with one attached hydrogen (secondary N) is 1. The first-order valence-corrected chi connectivity index (χ1v) is 6.95. The smallest absolute Gasteiger partial charge is 0.232 e. The minimum Gasteiger partial charge on any atom is -0.398 e. The highest BCUT2D eigenvalue weighted by Crippen LogP contribution is 2.20. The number of nitrogens with two attached hydrogens (primary N) is 2. The molecule has 5 N–H and O–H groups in total. The van der Waals surface area contributed by atoms with Crippen LogP contribution in [0.4, 0.5) is 11.4 Å². The number of rotatable bonds is 5. The largest absolute Gasteiger partial charge is 0.398 e. The monoisotopic (exact) mass is 256 g/mol. The molecule has 0 fully saturated rings. The number of hydrogen-bond donors (Lipinski definition) is 3. The quantitative estimate of drug-likeness (QED) is 0.504. The first kappa shape index (κ1) is 13.5. The SMILES string of the molecule is CC(C)CS(=O)(=O)Nc1cccc(N)c1C=[NH2+]. The van der Waals surface area contributed by atoms with Gasteiger partial charge in [0.2, 0.25) is 10.0 Å². The third kappa shape index (κ3) is 3.74. The van der Waals surface area contributed by atoms with Crippen molar-refractivity contribution < 1.29 is 13.8 Å². The van der Waals surface area contributed by atoms with Crippen LogP contribution in [0, 0.1) is 5.92 Å². The molecule has 0 bridgehead atoms. The molecule has 0 atom stereocenters. The lowest BCUT2D eigenvalue weighted by atomic mass is 10.1. The van der Waals surface area contributed by atoms with Gasteiger partial charge < -0.3 is 5.73 Å². The van der Waals surface area contributed by atoms with Crippen molar-refractivity contribution in [3.8, 4) is 0 Å². The van der Waals surface area contributed by atoms with Gasteiger partial charge in [0.05, 0.1) is 17.0 Å². The van der Waals surface area contributed by atoms with E-state index in [0.29, 0.717) is 16.9 Å². The Bertz CT molecular complexity index is 509. The average Bonchev–Trinajstić information content (AvgIpc) is 2.14. The van der Waals surface area contributed by atoms with E-state index in [1.54, 1.807) is 18.2 Å². The molecule has 0 aromatic heterocycles. The van der Waals surface area contributed by atoms with Gasteiger partial charge in [-0.3, -0.25) is 10.1 Å². The highest BCUT2D eigenvalue weighted by molar-refractivity contribution is 7.92. The first-order valence-electron chi connectivity index (χ1n) is 5.29. The van der Waals surface area contributed by atoms with Crippen molar-refractivity contribution in [1.29, 1.82) is 0 Å². The second-order valence-corrected chi connectivity index (χ2v) is 6.02. The maximum Gasteiger partial charge on any atom is 0.232 e. The normalized spacial score (nSPS) is 11.5. The van der Waals surface area contributed by atoms with Crippen molar-refractivity contribution >= 4 is 27.6 Å². The summed E-state index contributed by atoms with van der Waals surface area (Å²) in [5.74, 6) is 0.116. The molecule has 0 amide bonds. The van der Waals surface area contributed by atoms with Gasteiger partial charge in [0.1, 0.15) is 0 Å². The van der Waals surface area contributed by atoms with Gasteiger partial charge in [0, 0.05) is 5.69 Å². The van der Waals surface area contributed by atoms with Gasteiger partial charge in [-0.25, -0.2) is 8.42 Å². The zero-order chi connectivity index (χ0) is 13.1. The maximum absolute atomic E-state index is 11.8. The van der Waals surface area contributed by atoms with Crippen LogP contribution < -0.4 is 15.9 Å². The lowest BCUT2D eigenvalue weighted by Gasteiger charge is -2.12. The molecule has 0 aliphatic carbocycles. The Hall–Kier alpha value is -1.56. The van der Waals surface area contributed by atoms with Gasteiger partial charge in [-0.15, -0.1) is 0 Å². The molecular weight excluding hydrogens is 238 g/mol. The Balaban J connectivity index is 3.04. The van der Waals surface area contributed by atoms with Crippen LogP contribution in [0.1, 0.15) is 19.4 Å². The van der Waals surface area contributed by atoms with E-state index in [9.17, 15) is 8.42 Å². The van der Waals surface area contributed by atoms with Crippen LogP contribution in [0.3, 0.4) is 0 Å². The van der Waals surface area contributed by atoms with Crippen molar-refractivity contribution in [3.63, 3.8) is 0 Å². The number of benzene rings is 1. The molecule has 0 saturated heterocycles. The Morgan fingerprint density at radius 1 is 1.47 bits per heavy atom. The van der Waals surface area contributed by atoms with E-state index >= 15 is 0 Å². The minimum atomic E-state index is -3.36. The topological polar surface area (TPSA) is 97.8 Å². The molecular formula is C11H18N3O2S+. The van der Waals surface area contributed by atoms with Gasteiger partial charge in [-0.1, -0.05) is 19.9 Å². The molecule has 1 rings (SSSR count). The summed E-state index contributed by atoms with van der Waals surface area (Å²) in [4.78, 5) is 0. The van der Waals surface area contributed by atoms with Crippen molar-refractivity contribution in [2.75, 3.05) is 16.2 Å². The number of anilines is 2. The van der Waals surface area contributed by atoms with E-state index < -0.39 is 10.0 Å². The summed E-state index contributed by atoms with van der Waals surface area (Å²) in [6, 6.07) is 4.97. The van der Waals surface area contributed by atoms with Gasteiger partial charge in [0.15, 0.2) is 6.21 Å². The zero-order valence-corrected chi connectivity index (χ0v) is 10.8. The van der Waals surface area contributed by atoms with Gasteiger partial charge in [-0.05, 0) is 18.1 Å². The molecule has 0 heterocycles. The molecule has 0 aliphatic heterocycles. The first-order chi connectivity index (χ1) is 7.85. The third-order valence-corrected chi connectivity index (χ3v) is 3.76. The number of nitrogen functional groups attached to an aromatic ring is 1. The summed E-state index contributed by atoms with van der Waals surface area (Å²) < 4.78 is 26.1. The molecule has 0 aliphatic rings. The molecule has 0 spiro atoms. The van der Waals surface area contributed by atoms with Crippen molar-refractivity contribution in [3.05, 3.63) is 23.8 Å². The fourth-order valence-electron chi connectivity index (χ4n) is 1.51. The predicted octanol–water partition coefficient (Wildman–Crippen LogP) is -0.155. The zero-order valence-electron chi connectivity index (χ0n) is 9.97. The Labute approximate surface area is 102 Å². The summed E-state index contributed by atoms with van der Waals surface area (Å²) in [5.41, 5.74) is 7.06. The van der Waals surface area contributed by atoms with Gasteiger partial charge in [0.25, 0.3) is 0 Å². The maximum atomic E-state index is 11.8. The Morgan fingerprint density at radius 3 is 2.65 bits per heavy atom. The highest BCUT2D eigenvalue weighted by atomic mass is 32.2. The fraction of sp³-hybridized carbons (Fsp3) is 0.364. The number of hydrogen-bond acceptors (Lipinski definition) is 3. The van der Waals surface area contributed by atoms with E-state index in [1.807, 2.05) is 13.8 Å². The van der Waals surface area contributed by atoms with Crippen LogP contribution in [0.25, 0.3) is 0 Å². The van der Waals surface area contributed by atoms with Crippen LogP contribution in [0.15, 0.2) is 18.2 Å². The predicted molar refractivity (Wildman–Crippen MR) is 70.2 cm³/mol. The molecule has 1 aromatic rings. The van der Waals surface area contributed by atoms with Crippen LogP contribution in [0.5, 0.6) is 0 Å². The molecule has 0 unspecified atom stereocenters. The molecule has 94 valence electrons. The second-order valence-electron chi connectivity index (χ2n) is 4.25. The summed E-state index contributed by atoms with van der Waals surface area (Å²) in [6.45, 7) is 3.68. The summed E-state index contributed by atoms with van der Waals surface area (Å²) in [6.07, 6.45) is 1.29. The lowest BCUT2D eigenvalue weighted by molar-refractivity contribution is -0.104. The fourth-order valence-corrected chi connectivity index (χ4v) is 2.98. The van der Waals surface area contributed by atoms with Crippen molar-refractivity contribution in [2.45, 2.75) is 13.8 Å². The van der Waals surface area contributed by atoms with Crippen LogP contribution in [-0.4, -0.2) is 20.4 Å². The average molecular weight is 256 g/mol. The molecule has 5 nitrogen and oxygen atoms in total. The molecule has 17 heavy (non-hydrogen) atoms. The van der Waals surface area contributed by atoms with E-state index in [0.717, 1.165) is 0 Å². The van der Waals surface area contributed by atoms with Gasteiger partial charge in [-0.2, -0.15) is 0 Å². The Morgan fingerprint density at radius 2 is 2.12 bits per heavy atom. The van der Waals surface area contributed by atoms with E-state index in [-0.39, 0.29) is 11.7 Å². The highest BCUT2D eigenvalue weighted by Gasteiger charge is 2.15. The molecule has 0 saturated carbocycles.